The first-order valence-electron chi connectivity index (χ1n) is 7.39. The molecule has 0 aliphatic carbocycles. The second-order valence-corrected chi connectivity index (χ2v) is 6.55. The molecule has 0 aromatic carbocycles. The van der Waals surface area contributed by atoms with Crippen LogP contribution < -0.4 is 5.32 Å². The summed E-state index contributed by atoms with van der Waals surface area (Å²) >= 11 is 1.22. The van der Waals surface area contributed by atoms with E-state index in [0.717, 1.165) is 25.9 Å². The summed E-state index contributed by atoms with van der Waals surface area (Å²) in [6, 6.07) is 3.17. The molecule has 0 radical (unpaired) electrons. The first kappa shape index (κ1) is 17.3. The first-order chi connectivity index (χ1) is 11.0. The number of nitrogens with zero attached hydrogens (tertiary/aromatic N) is 2. The molecule has 1 aliphatic rings. The Morgan fingerprint density at radius 1 is 1.39 bits per heavy atom. The van der Waals surface area contributed by atoms with Gasteiger partial charge in [0.1, 0.15) is 11.6 Å². The minimum atomic E-state index is -1.12. The van der Waals surface area contributed by atoms with Gasteiger partial charge in [-0.3, -0.25) is 14.4 Å². The van der Waals surface area contributed by atoms with Crippen LogP contribution in [0.1, 0.15) is 30.1 Å². The lowest BCUT2D eigenvalue weighted by Crippen LogP contribution is -2.34. The molecule has 2 amide bonds. The Balaban J connectivity index is 2.05. The number of hydrogen-bond donors (Lipinski definition) is 2. The van der Waals surface area contributed by atoms with Crippen molar-refractivity contribution in [3.8, 4) is 0 Å². The van der Waals surface area contributed by atoms with Crippen LogP contribution in [0.2, 0.25) is 0 Å². The summed E-state index contributed by atoms with van der Waals surface area (Å²) < 4.78 is 0. The average molecular weight is 337 g/mol. The van der Waals surface area contributed by atoms with Crippen molar-refractivity contribution in [3.05, 3.63) is 23.9 Å². The highest BCUT2D eigenvalue weighted by molar-refractivity contribution is 8.00. The third-order valence-electron chi connectivity index (χ3n) is 3.47. The predicted octanol–water partition coefficient (Wildman–Crippen LogP) is 0.999. The number of pyridine rings is 1. The van der Waals surface area contributed by atoms with Gasteiger partial charge >= 0.3 is 5.97 Å². The molecule has 0 bridgehead atoms. The standard InChI is InChI=1S/C15H19N3O4S/c1-10(15(22)18-7-2-3-8-18)23-14-11(5-4-6-16-14)13(21)17-9-12(19)20/h4-6,10H,2-3,7-9H2,1H3,(H,17,21)(H,19,20). The fourth-order valence-electron chi connectivity index (χ4n) is 2.32. The molecular formula is C15H19N3O4S. The van der Waals surface area contributed by atoms with Gasteiger partial charge < -0.3 is 15.3 Å². The molecule has 124 valence electrons. The molecule has 7 nitrogen and oxygen atoms in total. The fourth-order valence-corrected chi connectivity index (χ4v) is 3.32. The Hall–Kier alpha value is -2.09. The highest BCUT2D eigenvalue weighted by atomic mass is 32.2. The Kier molecular flexibility index (Phi) is 5.97. The van der Waals surface area contributed by atoms with Crippen molar-refractivity contribution in [1.29, 1.82) is 0 Å². The molecular weight excluding hydrogens is 318 g/mol. The predicted molar refractivity (Wildman–Crippen MR) is 85.3 cm³/mol. The van der Waals surface area contributed by atoms with E-state index in [1.165, 1.54) is 11.8 Å². The van der Waals surface area contributed by atoms with E-state index in [0.29, 0.717) is 5.03 Å². The van der Waals surface area contributed by atoms with Crippen LogP contribution in [0.25, 0.3) is 0 Å². The van der Waals surface area contributed by atoms with Gasteiger partial charge in [0.15, 0.2) is 0 Å². The molecule has 0 saturated carbocycles. The van der Waals surface area contributed by atoms with Crippen LogP contribution in [0.4, 0.5) is 0 Å². The number of aliphatic carboxylic acids is 1. The number of nitrogens with one attached hydrogen (secondary N) is 1. The van der Waals surface area contributed by atoms with Crippen LogP contribution in [0.15, 0.2) is 23.4 Å². The lowest BCUT2D eigenvalue weighted by molar-refractivity contribution is -0.135. The lowest BCUT2D eigenvalue weighted by Gasteiger charge is -2.20. The van der Waals surface area contributed by atoms with Crippen molar-refractivity contribution >= 4 is 29.5 Å². The second-order valence-electron chi connectivity index (χ2n) is 5.23. The Morgan fingerprint density at radius 2 is 2.09 bits per heavy atom. The minimum absolute atomic E-state index is 0.0371. The number of likely N-dealkylation sites (tertiary alicyclic amines) is 1. The van der Waals surface area contributed by atoms with E-state index in [-0.39, 0.29) is 16.7 Å². The lowest BCUT2D eigenvalue weighted by atomic mass is 10.2. The Labute approximate surface area is 138 Å². The third-order valence-corrected chi connectivity index (χ3v) is 4.57. The molecule has 1 aromatic rings. The molecule has 1 atom stereocenters. The molecule has 23 heavy (non-hydrogen) atoms. The van der Waals surface area contributed by atoms with Crippen molar-refractivity contribution < 1.29 is 19.5 Å². The summed E-state index contributed by atoms with van der Waals surface area (Å²) in [5.41, 5.74) is 0.278. The van der Waals surface area contributed by atoms with Crippen LogP contribution in [-0.4, -0.2) is 57.7 Å². The maximum atomic E-state index is 12.3. The molecule has 1 fully saturated rings. The molecule has 1 aliphatic heterocycles. The van der Waals surface area contributed by atoms with Gasteiger partial charge in [0.25, 0.3) is 5.91 Å². The van der Waals surface area contributed by atoms with Gasteiger partial charge in [0.2, 0.25) is 5.91 Å². The molecule has 1 unspecified atom stereocenters. The monoisotopic (exact) mass is 337 g/mol. The zero-order chi connectivity index (χ0) is 16.8. The van der Waals surface area contributed by atoms with Gasteiger partial charge in [0, 0.05) is 19.3 Å². The van der Waals surface area contributed by atoms with E-state index < -0.39 is 18.4 Å². The normalized spacial score (nSPS) is 15.3. The maximum absolute atomic E-state index is 12.3. The summed E-state index contributed by atoms with van der Waals surface area (Å²) in [5.74, 6) is -1.59. The fraction of sp³-hybridized carbons (Fsp3) is 0.467. The number of carboxylic acids is 1. The highest BCUT2D eigenvalue weighted by Crippen LogP contribution is 2.26. The second kappa shape index (κ2) is 7.96. The minimum Gasteiger partial charge on any atom is -0.480 e. The van der Waals surface area contributed by atoms with Crippen molar-refractivity contribution in [3.63, 3.8) is 0 Å². The first-order valence-corrected chi connectivity index (χ1v) is 8.27. The van der Waals surface area contributed by atoms with E-state index in [2.05, 4.69) is 10.3 Å². The molecule has 1 saturated heterocycles. The number of thioether (sulfide) groups is 1. The quantitative estimate of drug-likeness (QED) is 0.751. The van der Waals surface area contributed by atoms with Crippen molar-refractivity contribution in [2.24, 2.45) is 0 Å². The van der Waals surface area contributed by atoms with Crippen LogP contribution in [0.3, 0.4) is 0 Å². The van der Waals surface area contributed by atoms with E-state index in [4.69, 9.17) is 5.11 Å². The third kappa shape index (κ3) is 4.69. The van der Waals surface area contributed by atoms with Crippen molar-refractivity contribution in [2.45, 2.75) is 30.0 Å². The summed E-state index contributed by atoms with van der Waals surface area (Å²) in [5, 5.41) is 11.0. The molecule has 0 spiro atoms. The van der Waals surface area contributed by atoms with Crippen LogP contribution in [0, 0.1) is 0 Å². The molecule has 2 heterocycles. The smallest absolute Gasteiger partial charge is 0.322 e. The molecule has 2 rings (SSSR count). The summed E-state index contributed by atoms with van der Waals surface area (Å²) in [6.45, 7) is 2.88. The van der Waals surface area contributed by atoms with E-state index in [1.807, 2.05) is 4.90 Å². The summed E-state index contributed by atoms with van der Waals surface area (Å²) in [4.78, 5) is 40.9. The largest absolute Gasteiger partial charge is 0.480 e. The zero-order valence-corrected chi connectivity index (χ0v) is 13.6. The van der Waals surface area contributed by atoms with E-state index >= 15 is 0 Å². The Bertz CT molecular complexity index is 602. The number of carbonyl (C=O) groups is 3. The number of aromatic nitrogens is 1. The zero-order valence-electron chi connectivity index (χ0n) is 12.8. The van der Waals surface area contributed by atoms with E-state index in [9.17, 15) is 14.4 Å². The van der Waals surface area contributed by atoms with Gasteiger partial charge in [-0.25, -0.2) is 4.98 Å². The summed E-state index contributed by atoms with van der Waals surface area (Å²) in [7, 11) is 0. The average Bonchev–Trinajstić information content (AvgIpc) is 3.06. The molecule has 2 N–H and O–H groups in total. The van der Waals surface area contributed by atoms with Crippen LogP contribution in [-0.2, 0) is 9.59 Å². The number of carboxylic acid groups (broad SMARTS) is 1. The summed E-state index contributed by atoms with van der Waals surface area (Å²) in [6.07, 6.45) is 3.59. The number of rotatable bonds is 6. The van der Waals surface area contributed by atoms with Crippen molar-refractivity contribution in [2.75, 3.05) is 19.6 Å². The Morgan fingerprint density at radius 3 is 2.74 bits per heavy atom. The van der Waals surface area contributed by atoms with Crippen LogP contribution in [0.5, 0.6) is 0 Å². The SMILES string of the molecule is CC(Sc1ncccc1C(=O)NCC(=O)O)C(=O)N1CCCC1. The topological polar surface area (TPSA) is 99.6 Å². The van der Waals surface area contributed by atoms with Gasteiger partial charge in [-0.05, 0) is 31.9 Å². The maximum Gasteiger partial charge on any atom is 0.322 e. The number of amides is 2. The van der Waals surface area contributed by atoms with E-state index in [1.54, 1.807) is 25.3 Å². The molecule has 1 aromatic heterocycles. The van der Waals surface area contributed by atoms with Gasteiger partial charge in [-0.15, -0.1) is 0 Å². The number of carbonyl (C=O) groups excluding carboxylic acids is 2. The van der Waals surface area contributed by atoms with Gasteiger partial charge in [-0.1, -0.05) is 11.8 Å². The highest BCUT2D eigenvalue weighted by Gasteiger charge is 2.25. The van der Waals surface area contributed by atoms with Gasteiger partial charge in [-0.2, -0.15) is 0 Å². The number of hydrogen-bond acceptors (Lipinski definition) is 5. The van der Waals surface area contributed by atoms with Crippen molar-refractivity contribution in [1.82, 2.24) is 15.2 Å². The van der Waals surface area contributed by atoms with Crippen LogP contribution >= 0.6 is 11.8 Å². The van der Waals surface area contributed by atoms with Gasteiger partial charge in [0.05, 0.1) is 10.8 Å². The molecule has 8 heteroatoms.